The van der Waals surface area contributed by atoms with Gasteiger partial charge in [-0.15, -0.1) is 6.58 Å². The number of nitrogens with two attached hydrogens (primary N) is 1. The summed E-state index contributed by atoms with van der Waals surface area (Å²) >= 11 is 0. The normalized spacial score (nSPS) is 9.56. The van der Waals surface area contributed by atoms with E-state index in [0.29, 0.717) is 17.9 Å². The van der Waals surface area contributed by atoms with Crippen LogP contribution in [0.4, 0.5) is 0 Å². The molecular formula is C13H16N2O3. The van der Waals surface area contributed by atoms with Crippen LogP contribution in [0.25, 0.3) is 0 Å². The Morgan fingerprint density at radius 1 is 1.33 bits per heavy atom. The van der Waals surface area contributed by atoms with Gasteiger partial charge in [-0.2, -0.15) is 0 Å². The van der Waals surface area contributed by atoms with Crippen LogP contribution in [0, 0.1) is 0 Å². The molecule has 5 heteroatoms. The molecule has 0 heterocycles. The van der Waals surface area contributed by atoms with Crippen molar-refractivity contribution in [2.24, 2.45) is 5.73 Å². The van der Waals surface area contributed by atoms with E-state index in [4.69, 9.17) is 10.5 Å². The van der Waals surface area contributed by atoms with Gasteiger partial charge in [0.2, 0.25) is 0 Å². The van der Waals surface area contributed by atoms with E-state index in [1.165, 1.54) is 0 Å². The topological polar surface area (TPSA) is 81.4 Å². The van der Waals surface area contributed by atoms with Crippen LogP contribution in [0.1, 0.15) is 16.8 Å². The van der Waals surface area contributed by atoms with Crippen molar-refractivity contribution < 1.29 is 14.3 Å². The van der Waals surface area contributed by atoms with Gasteiger partial charge in [0.1, 0.15) is 5.75 Å². The fourth-order valence-corrected chi connectivity index (χ4v) is 1.25. The number of amides is 2. The summed E-state index contributed by atoms with van der Waals surface area (Å²) in [4.78, 5) is 22.2. The lowest BCUT2D eigenvalue weighted by atomic mass is 10.2. The smallest absolute Gasteiger partial charge is 0.255 e. The van der Waals surface area contributed by atoms with Gasteiger partial charge >= 0.3 is 0 Å². The molecule has 2 amide bonds. The van der Waals surface area contributed by atoms with Crippen LogP contribution in [0.3, 0.4) is 0 Å². The Bertz CT molecular complexity index is 426. The second-order valence-corrected chi connectivity index (χ2v) is 3.61. The molecule has 0 radical (unpaired) electrons. The van der Waals surface area contributed by atoms with Gasteiger partial charge in [-0.1, -0.05) is 6.08 Å². The largest absolute Gasteiger partial charge is 0.484 e. The monoisotopic (exact) mass is 248 g/mol. The second-order valence-electron chi connectivity index (χ2n) is 3.61. The highest BCUT2D eigenvalue weighted by Crippen LogP contribution is 2.11. The number of nitrogens with one attached hydrogen (secondary N) is 1. The molecule has 0 atom stereocenters. The average molecular weight is 248 g/mol. The van der Waals surface area contributed by atoms with Crippen molar-refractivity contribution in [3.05, 3.63) is 42.5 Å². The minimum Gasteiger partial charge on any atom is -0.484 e. The van der Waals surface area contributed by atoms with E-state index in [1.54, 1.807) is 30.3 Å². The van der Waals surface area contributed by atoms with Crippen molar-refractivity contribution in [1.29, 1.82) is 0 Å². The summed E-state index contributed by atoms with van der Waals surface area (Å²) in [6.45, 7) is 3.95. The minimum atomic E-state index is -0.541. The maximum absolute atomic E-state index is 11.6. The molecule has 0 saturated heterocycles. The molecule has 0 aliphatic heterocycles. The van der Waals surface area contributed by atoms with Crippen LogP contribution < -0.4 is 15.8 Å². The fraction of sp³-hybridized carbons (Fsp3) is 0.231. The van der Waals surface area contributed by atoms with Crippen LogP contribution >= 0.6 is 0 Å². The van der Waals surface area contributed by atoms with Gasteiger partial charge in [-0.25, -0.2) is 0 Å². The molecule has 96 valence electrons. The zero-order chi connectivity index (χ0) is 13.4. The molecule has 0 spiro atoms. The summed E-state index contributed by atoms with van der Waals surface area (Å²) in [5.41, 5.74) is 5.48. The van der Waals surface area contributed by atoms with Gasteiger partial charge in [0.05, 0.1) is 0 Å². The number of primary amides is 1. The number of benzene rings is 1. The van der Waals surface area contributed by atoms with E-state index in [2.05, 4.69) is 11.9 Å². The number of ether oxygens (including phenoxy) is 1. The maximum atomic E-state index is 11.6. The molecule has 1 aromatic carbocycles. The number of carbonyl (C=O) groups excluding carboxylic acids is 2. The summed E-state index contributed by atoms with van der Waals surface area (Å²) in [6, 6.07) is 6.48. The predicted octanol–water partition coefficient (Wildman–Crippen LogP) is 0.857. The van der Waals surface area contributed by atoms with E-state index in [9.17, 15) is 9.59 Å². The first-order valence-corrected chi connectivity index (χ1v) is 5.53. The molecule has 3 N–H and O–H groups in total. The first-order valence-electron chi connectivity index (χ1n) is 5.53. The van der Waals surface area contributed by atoms with Gasteiger partial charge in [0.25, 0.3) is 11.8 Å². The Kier molecular flexibility index (Phi) is 5.44. The molecule has 0 unspecified atom stereocenters. The van der Waals surface area contributed by atoms with Crippen LogP contribution in [-0.2, 0) is 4.79 Å². The van der Waals surface area contributed by atoms with E-state index in [1.807, 2.05) is 0 Å². The molecule has 0 aliphatic rings. The summed E-state index contributed by atoms with van der Waals surface area (Å²) < 4.78 is 5.08. The first kappa shape index (κ1) is 13.8. The van der Waals surface area contributed by atoms with Gasteiger partial charge in [-0.3, -0.25) is 9.59 Å². The number of hydrogen-bond acceptors (Lipinski definition) is 3. The van der Waals surface area contributed by atoms with Crippen molar-refractivity contribution in [1.82, 2.24) is 5.32 Å². The van der Waals surface area contributed by atoms with Crippen LogP contribution in [0.15, 0.2) is 36.9 Å². The van der Waals surface area contributed by atoms with Gasteiger partial charge in [0.15, 0.2) is 6.61 Å². The Labute approximate surface area is 106 Å². The van der Waals surface area contributed by atoms with Gasteiger partial charge in [-0.05, 0) is 30.7 Å². The Balaban J connectivity index is 2.51. The zero-order valence-corrected chi connectivity index (χ0v) is 10.0. The van der Waals surface area contributed by atoms with Crippen molar-refractivity contribution in [2.45, 2.75) is 6.42 Å². The Morgan fingerprint density at radius 2 is 2.00 bits per heavy atom. The zero-order valence-electron chi connectivity index (χ0n) is 10.0. The van der Waals surface area contributed by atoms with Gasteiger partial charge < -0.3 is 15.8 Å². The van der Waals surface area contributed by atoms with Gasteiger partial charge in [0, 0.05) is 12.1 Å². The lowest BCUT2D eigenvalue weighted by molar-refractivity contribution is -0.119. The van der Waals surface area contributed by atoms with Crippen LogP contribution in [0.5, 0.6) is 5.75 Å². The molecular weight excluding hydrogens is 232 g/mol. The predicted molar refractivity (Wildman–Crippen MR) is 68.3 cm³/mol. The molecule has 18 heavy (non-hydrogen) atoms. The standard InChI is InChI=1S/C13H16N2O3/c1-2-3-8-15-13(17)10-4-6-11(7-5-10)18-9-12(14)16/h2,4-7H,1,3,8-9H2,(H2,14,16)(H,15,17). The lowest BCUT2D eigenvalue weighted by Crippen LogP contribution is -2.24. The quantitative estimate of drug-likeness (QED) is 0.554. The van der Waals surface area contributed by atoms with Crippen LogP contribution in [0.2, 0.25) is 0 Å². The molecule has 0 aromatic heterocycles. The second kappa shape index (κ2) is 7.11. The molecule has 1 rings (SSSR count). The highest BCUT2D eigenvalue weighted by atomic mass is 16.5. The van der Waals surface area contributed by atoms with E-state index < -0.39 is 5.91 Å². The van der Waals surface area contributed by atoms with Crippen LogP contribution in [-0.4, -0.2) is 25.0 Å². The summed E-state index contributed by atoms with van der Waals surface area (Å²) in [7, 11) is 0. The van der Waals surface area contributed by atoms with E-state index >= 15 is 0 Å². The van der Waals surface area contributed by atoms with Crippen molar-refractivity contribution in [3.8, 4) is 5.75 Å². The highest BCUT2D eigenvalue weighted by molar-refractivity contribution is 5.94. The SMILES string of the molecule is C=CCCNC(=O)c1ccc(OCC(N)=O)cc1. The molecule has 0 bridgehead atoms. The lowest BCUT2D eigenvalue weighted by Gasteiger charge is -2.06. The number of hydrogen-bond donors (Lipinski definition) is 2. The minimum absolute atomic E-state index is 0.154. The summed E-state index contributed by atoms with van der Waals surface area (Å²) in [5.74, 6) is -0.198. The Hall–Kier alpha value is -2.30. The van der Waals surface area contributed by atoms with Crippen molar-refractivity contribution >= 4 is 11.8 Å². The third kappa shape index (κ3) is 4.69. The van der Waals surface area contributed by atoms with E-state index in [0.717, 1.165) is 6.42 Å². The van der Waals surface area contributed by atoms with E-state index in [-0.39, 0.29) is 12.5 Å². The highest BCUT2D eigenvalue weighted by Gasteiger charge is 2.04. The molecule has 0 aliphatic carbocycles. The Morgan fingerprint density at radius 3 is 2.56 bits per heavy atom. The van der Waals surface area contributed by atoms with Crippen molar-refractivity contribution in [2.75, 3.05) is 13.2 Å². The van der Waals surface area contributed by atoms with Crippen molar-refractivity contribution in [3.63, 3.8) is 0 Å². The number of rotatable bonds is 7. The molecule has 5 nitrogen and oxygen atoms in total. The molecule has 1 aromatic rings. The third-order valence-electron chi connectivity index (χ3n) is 2.13. The number of carbonyl (C=O) groups is 2. The summed E-state index contributed by atoms with van der Waals surface area (Å²) in [5, 5.41) is 2.74. The molecule has 0 saturated carbocycles. The maximum Gasteiger partial charge on any atom is 0.255 e. The fourth-order valence-electron chi connectivity index (χ4n) is 1.25. The first-order chi connectivity index (χ1) is 8.63. The summed E-state index contributed by atoms with van der Waals surface area (Å²) in [6.07, 6.45) is 2.46. The average Bonchev–Trinajstić information content (AvgIpc) is 2.37. The third-order valence-corrected chi connectivity index (χ3v) is 2.13. The molecule has 0 fully saturated rings.